The average Bonchev–Trinajstić information content (AvgIpc) is 2.46. The molecule has 6 nitrogen and oxygen atoms in total. The first-order valence-corrected chi connectivity index (χ1v) is 7.84. The molecule has 0 amide bonds. The number of morpholine rings is 2. The van der Waals surface area contributed by atoms with E-state index in [9.17, 15) is 4.79 Å². The van der Waals surface area contributed by atoms with Crippen molar-refractivity contribution in [3.63, 3.8) is 0 Å². The molecular weight excluding hydrogens is 272 g/mol. The van der Waals surface area contributed by atoms with Crippen LogP contribution in [0.2, 0.25) is 0 Å². The van der Waals surface area contributed by atoms with Gasteiger partial charge in [0.05, 0.1) is 26.4 Å². The third-order valence-corrected chi connectivity index (χ3v) is 3.92. The van der Waals surface area contributed by atoms with Gasteiger partial charge in [-0.2, -0.15) is 0 Å². The van der Waals surface area contributed by atoms with Gasteiger partial charge >= 0.3 is 5.97 Å². The van der Waals surface area contributed by atoms with Crippen LogP contribution in [0.3, 0.4) is 0 Å². The van der Waals surface area contributed by atoms with E-state index in [1.54, 1.807) is 0 Å². The molecule has 0 aromatic heterocycles. The third-order valence-electron chi connectivity index (χ3n) is 3.92. The summed E-state index contributed by atoms with van der Waals surface area (Å²) >= 11 is 0. The lowest BCUT2D eigenvalue weighted by Gasteiger charge is -2.38. The van der Waals surface area contributed by atoms with Gasteiger partial charge in [-0.1, -0.05) is 13.8 Å². The van der Waals surface area contributed by atoms with Gasteiger partial charge in [-0.05, 0) is 5.92 Å². The van der Waals surface area contributed by atoms with Gasteiger partial charge in [0.2, 0.25) is 0 Å². The maximum Gasteiger partial charge on any atom is 0.336 e. The highest BCUT2D eigenvalue weighted by Gasteiger charge is 2.30. The Kier molecular flexibility index (Phi) is 6.41. The molecule has 2 saturated heterocycles. The fraction of sp³-hybridized carbons (Fsp3) is 0.933. The van der Waals surface area contributed by atoms with Crippen LogP contribution in [-0.4, -0.2) is 87.6 Å². The molecule has 6 heteroatoms. The van der Waals surface area contributed by atoms with Crippen LogP contribution in [0, 0.1) is 5.92 Å². The molecule has 2 aliphatic heterocycles. The van der Waals surface area contributed by atoms with Crippen molar-refractivity contribution in [2.45, 2.75) is 26.1 Å². The van der Waals surface area contributed by atoms with Crippen molar-refractivity contribution in [3.8, 4) is 0 Å². The Bertz CT molecular complexity index is 338. The zero-order valence-corrected chi connectivity index (χ0v) is 13.4. The van der Waals surface area contributed by atoms with Crippen LogP contribution in [-0.2, 0) is 19.0 Å². The van der Waals surface area contributed by atoms with Gasteiger partial charge in [0.25, 0.3) is 0 Å². The molecule has 0 spiro atoms. The highest BCUT2D eigenvalue weighted by Crippen LogP contribution is 2.12. The number of esters is 1. The molecule has 2 atom stereocenters. The lowest BCUT2D eigenvalue weighted by Crippen LogP contribution is -2.53. The van der Waals surface area contributed by atoms with Crippen molar-refractivity contribution in [1.29, 1.82) is 0 Å². The van der Waals surface area contributed by atoms with Crippen LogP contribution in [0.4, 0.5) is 0 Å². The van der Waals surface area contributed by atoms with Crippen molar-refractivity contribution in [3.05, 3.63) is 0 Å². The molecule has 0 saturated carbocycles. The molecule has 0 N–H and O–H groups in total. The lowest BCUT2D eigenvalue weighted by atomic mass is 10.1. The topological polar surface area (TPSA) is 51.2 Å². The van der Waals surface area contributed by atoms with Crippen LogP contribution in [0.5, 0.6) is 0 Å². The Morgan fingerprint density at radius 3 is 2.62 bits per heavy atom. The Morgan fingerprint density at radius 2 is 1.90 bits per heavy atom. The summed E-state index contributed by atoms with van der Waals surface area (Å²) in [5, 5.41) is 0. The predicted molar refractivity (Wildman–Crippen MR) is 79.2 cm³/mol. The predicted octanol–water partition coefficient (Wildman–Crippen LogP) is 0.217. The van der Waals surface area contributed by atoms with E-state index in [0.717, 1.165) is 39.3 Å². The second-order valence-corrected chi connectivity index (χ2v) is 6.29. The number of hydrogen-bond donors (Lipinski definition) is 0. The van der Waals surface area contributed by atoms with Crippen molar-refractivity contribution in [2.24, 2.45) is 5.92 Å². The smallest absolute Gasteiger partial charge is 0.336 e. The molecule has 21 heavy (non-hydrogen) atoms. The fourth-order valence-electron chi connectivity index (χ4n) is 3.00. The zero-order valence-electron chi connectivity index (χ0n) is 13.4. The second-order valence-electron chi connectivity index (χ2n) is 6.29. The number of carbonyl (C=O) groups is 1. The Labute approximate surface area is 127 Å². The Balaban J connectivity index is 1.79. The van der Waals surface area contributed by atoms with Crippen molar-refractivity contribution in [2.75, 3.05) is 59.6 Å². The molecule has 2 fully saturated rings. The molecule has 2 aliphatic rings. The van der Waals surface area contributed by atoms with Gasteiger partial charge in [0, 0.05) is 39.3 Å². The first-order valence-electron chi connectivity index (χ1n) is 7.84. The van der Waals surface area contributed by atoms with Crippen molar-refractivity contribution < 1.29 is 19.0 Å². The van der Waals surface area contributed by atoms with Crippen LogP contribution in [0.15, 0.2) is 0 Å². The van der Waals surface area contributed by atoms with Gasteiger partial charge in [-0.3, -0.25) is 9.80 Å². The van der Waals surface area contributed by atoms with E-state index in [4.69, 9.17) is 14.2 Å². The van der Waals surface area contributed by atoms with Gasteiger partial charge in [-0.25, -0.2) is 4.79 Å². The maximum absolute atomic E-state index is 11.6. The normalized spacial score (nSPS) is 28.8. The second kappa shape index (κ2) is 8.08. The Hall–Kier alpha value is -0.690. The standard InChI is InChI=1S/C15H28N2O4/c1-12(2)8-16-4-6-20-13(9-16)10-17-5-7-21-14(11-17)15(18)19-3/h12-14H,4-11H2,1-3H3. The summed E-state index contributed by atoms with van der Waals surface area (Å²) in [5.41, 5.74) is 0. The molecule has 0 aromatic carbocycles. The minimum atomic E-state index is -0.459. The lowest BCUT2D eigenvalue weighted by molar-refractivity contribution is -0.161. The molecule has 0 bridgehead atoms. The van der Waals surface area contributed by atoms with E-state index in [1.807, 2.05) is 0 Å². The first-order chi connectivity index (χ1) is 10.1. The number of nitrogens with zero attached hydrogens (tertiary/aromatic N) is 2. The summed E-state index contributed by atoms with van der Waals surface area (Å²) in [7, 11) is 1.40. The van der Waals surface area contributed by atoms with Crippen LogP contribution < -0.4 is 0 Å². The van der Waals surface area contributed by atoms with E-state index >= 15 is 0 Å². The SMILES string of the molecule is COC(=O)C1CN(CC2CN(CC(C)C)CCO2)CCO1. The summed E-state index contributed by atoms with van der Waals surface area (Å²) in [6.45, 7) is 11.2. The highest BCUT2D eigenvalue weighted by molar-refractivity contribution is 5.74. The van der Waals surface area contributed by atoms with Crippen LogP contribution in [0.25, 0.3) is 0 Å². The summed E-state index contributed by atoms with van der Waals surface area (Å²) in [4.78, 5) is 16.3. The number of methoxy groups -OCH3 is 1. The maximum atomic E-state index is 11.6. The Morgan fingerprint density at radius 1 is 1.19 bits per heavy atom. The first kappa shape index (κ1) is 16.7. The number of hydrogen-bond acceptors (Lipinski definition) is 6. The average molecular weight is 300 g/mol. The molecule has 0 aliphatic carbocycles. The summed E-state index contributed by atoms with van der Waals surface area (Å²) < 4.78 is 16.1. The van der Waals surface area contributed by atoms with Gasteiger partial charge in [-0.15, -0.1) is 0 Å². The van der Waals surface area contributed by atoms with Crippen molar-refractivity contribution in [1.82, 2.24) is 9.80 Å². The zero-order chi connectivity index (χ0) is 15.2. The monoisotopic (exact) mass is 300 g/mol. The molecule has 2 rings (SSSR count). The summed E-state index contributed by atoms with van der Waals surface area (Å²) in [6.07, 6.45) is -0.243. The van der Waals surface area contributed by atoms with E-state index in [-0.39, 0.29) is 12.1 Å². The highest BCUT2D eigenvalue weighted by atomic mass is 16.6. The summed E-state index contributed by atoms with van der Waals surface area (Å²) in [6, 6.07) is 0. The molecule has 122 valence electrons. The molecule has 0 aromatic rings. The quantitative estimate of drug-likeness (QED) is 0.677. The number of rotatable bonds is 5. The van der Waals surface area contributed by atoms with E-state index in [1.165, 1.54) is 7.11 Å². The van der Waals surface area contributed by atoms with Crippen LogP contribution >= 0.6 is 0 Å². The van der Waals surface area contributed by atoms with Crippen molar-refractivity contribution >= 4 is 5.97 Å². The largest absolute Gasteiger partial charge is 0.467 e. The van der Waals surface area contributed by atoms with Gasteiger partial charge < -0.3 is 14.2 Å². The van der Waals surface area contributed by atoms with Gasteiger partial charge in [0.15, 0.2) is 6.10 Å². The van der Waals surface area contributed by atoms with Crippen LogP contribution in [0.1, 0.15) is 13.8 Å². The fourth-order valence-corrected chi connectivity index (χ4v) is 3.00. The minimum absolute atomic E-state index is 0.217. The minimum Gasteiger partial charge on any atom is -0.467 e. The van der Waals surface area contributed by atoms with E-state index < -0.39 is 6.10 Å². The number of ether oxygens (including phenoxy) is 3. The summed E-state index contributed by atoms with van der Waals surface area (Å²) in [5.74, 6) is 0.390. The molecule has 0 radical (unpaired) electrons. The third kappa shape index (κ3) is 5.21. The van der Waals surface area contributed by atoms with E-state index in [2.05, 4.69) is 23.6 Å². The van der Waals surface area contributed by atoms with E-state index in [0.29, 0.717) is 19.1 Å². The number of carbonyl (C=O) groups excluding carboxylic acids is 1. The molecule has 2 heterocycles. The molecule has 2 unspecified atom stereocenters. The van der Waals surface area contributed by atoms with Gasteiger partial charge in [0.1, 0.15) is 0 Å². The molecular formula is C15H28N2O4.